The highest BCUT2D eigenvalue weighted by molar-refractivity contribution is 6.35. The highest BCUT2D eigenvalue weighted by Crippen LogP contribution is 2.31. The van der Waals surface area contributed by atoms with E-state index in [9.17, 15) is 4.79 Å². The summed E-state index contributed by atoms with van der Waals surface area (Å²) in [6.45, 7) is 0.517. The number of hydrogen-bond acceptors (Lipinski definition) is 3. The molecule has 0 radical (unpaired) electrons. The molecule has 0 bridgehead atoms. The standard InChI is InChI=1S/C18H18Cl2O3/c1-22-18(21)16(15-10-9-13(19)12-17(15)20)8-5-11-23-14-6-3-2-4-7-14/h2-4,6-7,9-10,12,16H,5,8,11H2,1H3/t16-/m1/s1. The predicted molar refractivity (Wildman–Crippen MR) is 92.4 cm³/mol. The minimum absolute atomic E-state index is 0.311. The fourth-order valence-electron chi connectivity index (χ4n) is 2.32. The van der Waals surface area contributed by atoms with E-state index in [1.165, 1.54) is 7.11 Å². The Balaban J connectivity index is 1.98. The topological polar surface area (TPSA) is 35.5 Å². The smallest absolute Gasteiger partial charge is 0.313 e. The van der Waals surface area contributed by atoms with Crippen LogP contribution in [0.3, 0.4) is 0 Å². The van der Waals surface area contributed by atoms with E-state index in [1.54, 1.807) is 18.2 Å². The maximum atomic E-state index is 12.1. The second-order valence-corrected chi connectivity index (χ2v) is 5.89. The number of para-hydroxylation sites is 1. The lowest BCUT2D eigenvalue weighted by Crippen LogP contribution is -2.16. The van der Waals surface area contributed by atoms with Gasteiger partial charge in [0.15, 0.2) is 0 Å². The van der Waals surface area contributed by atoms with Crippen molar-refractivity contribution in [3.8, 4) is 5.75 Å². The summed E-state index contributed by atoms with van der Waals surface area (Å²) in [5.74, 6) is 0.0738. The normalized spacial score (nSPS) is 11.8. The molecule has 2 aromatic rings. The summed E-state index contributed by atoms with van der Waals surface area (Å²) in [5.41, 5.74) is 0.725. The van der Waals surface area contributed by atoms with Gasteiger partial charge < -0.3 is 9.47 Å². The van der Waals surface area contributed by atoms with E-state index >= 15 is 0 Å². The second kappa shape index (κ2) is 8.80. The van der Waals surface area contributed by atoms with E-state index < -0.39 is 5.92 Å². The molecule has 0 aliphatic heterocycles. The fraction of sp³-hybridized carbons (Fsp3) is 0.278. The Morgan fingerprint density at radius 3 is 2.52 bits per heavy atom. The van der Waals surface area contributed by atoms with Crippen LogP contribution in [0.1, 0.15) is 24.3 Å². The Labute approximate surface area is 146 Å². The first-order valence-electron chi connectivity index (χ1n) is 7.32. The summed E-state index contributed by atoms with van der Waals surface area (Å²) in [4.78, 5) is 12.1. The highest BCUT2D eigenvalue weighted by Gasteiger charge is 2.23. The molecular formula is C18H18Cl2O3. The second-order valence-electron chi connectivity index (χ2n) is 5.05. The number of carbonyl (C=O) groups is 1. The van der Waals surface area contributed by atoms with Crippen molar-refractivity contribution >= 4 is 29.2 Å². The van der Waals surface area contributed by atoms with Crippen molar-refractivity contribution in [1.82, 2.24) is 0 Å². The Morgan fingerprint density at radius 1 is 1.13 bits per heavy atom. The molecule has 0 heterocycles. The summed E-state index contributed by atoms with van der Waals surface area (Å²) < 4.78 is 10.5. The van der Waals surface area contributed by atoms with E-state index in [0.29, 0.717) is 29.5 Å². The summed E-state index contributed by atoms with van der Waals surface area (Å²) >= 11 is 12.1. The van der Waals surface area contributed by atoms with Crippen LogP contribution in [0.5, 0.6) is 5.75 Å². The number of rotatable bonds is 7. The third-order valence-electron chi connectivity index (χ3n) is 3.47. The number of carbonyl (C=O) groups excluding carboxylic acids is 1. The molecular weight excluding hydrogens is 335 g/mol. The number of methoxy groups -OCH3 is 1. The molecule has 0 unspecified atom stereocenters. The lowest BCUT2D eigenvalue weighted by atomic mass is 9.94. The molecule has 0 N–H and O–H groups in total. The predicted octanol–water partition coefficient (Wildman–Crippen LogP) is 5.11. The van der Waals surface area contributed by atoms with Crippen molar-refractivity contribution in [1.29, 1.82) is 0 Å². The van der Waals surface area contributed by atoms with Crippen LogP contribution < -0.4 is 4.74 Å². The van der Waals surface area contributed by atoms with Crippen LogP contribution in [-0.2, 0) is 9.53 Å². The Hall–Kier alpha value is -1.71. The Kier molecular flexibility index (Phi) is 6.75. The van der Waals surface area contributed by atoms with Crippen LogP contribution in [0.15, 0.2) is 48.5 Å². The van der Waals surface area contributed by atoms with Crippen molar-refractivity contribution in [2.45, 2.75) is 18.8 Å². The van der Waals surface area contributed by atoms with Crippen LogP contribution in [0.25, 0.3) is 0 Å². The molecule has 0 saturated heterocycles. The largest absolute Gasteiger partial charge is 0.494 e. The van der Waals surface area contributed by atoms with E-state index in [-0.39, 0.29) is 5.97 Å². The molecule has 0 aliphatic carbocycles. The van der Waals surface area contributed by atoms with Crippen molar-refractivity contribution < 1.29 is 14.3 Å². The minimum atomic E-state index is -0.427. The molecule has 23 heavy (non-hydrogen) atoms. The molecule has 0 amide bonds. The zero-order valence-electron chi connectivity index (χ0n) is 12.8. The molecule has 0 spiro atoms. The molecule has 0 aromatic heterocycles. The van der Waals surface area contributed by atoms with Crippen LogP contribution >= 0.6 is 23.2 Å². The first-order chi connectivity index (χ1) is 11.1. The SMILES string of the molecule is COC(=O)[C@H](CCCOc1ccccc1)c1ccc(Cl)cc1Cl. The molecule has 3 nitrogen and oxygen atoms in total. The zero-order valence-corrected chi connectivity index (χ0v) is 14.3. The number of esters is 1. The molecule has 122 valence electrons. The third kappa shape index (κ3) is 5.15. The van der Waals surface area contributed by atoms with Gasteiger partial charge in [-0.25, -0.2) is 0 Å². The minimum Gasteiger partial charge on any atom is -0.494 e. The molecule has 2 aromatic carbocycles. The van der Waals surface area contributed by atoms with E-state index in [2.05, 4.69) is 0 Å². The number of halogens is 2. The molecule has 0 saturated carbocycles. The Bertz CT molecular complexity index is 644. The first-order valence-corrected chi connectivity index (χ1v) is 8.08. The van der Waals surface area contributed by atoms with Crippen molar-refractivity contribution in [2.24, 2.45) is 0 Å². The lowest BCUT2D eigenvalue weighted by molar-refractivity contribution is -0.142. The van der Waals surface area contributed by atoms with Crippen molar-refractivity contribution in [3.63, 3.8) is 0 Å². The van der Waals surface area contributed by atoms with Gasteiger partial charge in [0.25, 0.3) is 0 Å². The van der Waals surface area contributed by atoms with Gasteiger partial charge in [-0.1, -0.05) is 47.5 Å². The Morgan fingerprint density at radius 2 is 1.87 bits per heavy atom. The molecule has 2 rings (SSSR count). The average molecular weight is 353 g/mol. The summed E-state index contributed by atoms with van der Waals surface area (Å²) in [6, 6.07) is 14.7. The highest BCUT2D eigenvalue weighted by atomic mass is 35.5. The molecule has 1 atom stereocenters. The van der Waals surface area contributed by atoms with Crippen molar-refractivity contribution in [3.05, 3.63) is 64.1 Å². The van der Waals surface area contributed by atoms with Gasteiger partial charge in [0.1, 0.15) is 5.75 Å². The molecule has 0 aliphatic rings. The number of benzene rings is 2. The van der Waals surface area contributed by atoms with Crippen molar-refractivity contribution in [2.75, 3.05) is 13.7 Å². The van der Waals surface area contributed by atoms with Crippen LogP contribution in [-0.4, -0.2) is 19.7 Å². The van der Waals surface area contributed by atoms with Gasteiger partial charge in [0.05, 0.1) is 19.6 Å². The van der Waals surface area contributed by atoms with Crippen LogP contribution in [0.2, 0.25) is 10.0 Å². The molecule has 5 heteroatoms. The van der Waals surface area contributed by atoms with Gasteiger partial charge in [-0.15, -0.1) is 0 Å². The lowest BCUT2D eigenvalue weighted by Gasteiger charge is -2.17. The van der Waals surface area contributed by atoms with Gasteiger partial charge in [0, 0.05) is 10.0 Å². The van der Waals surface area contributed by atoms with Crippen LogP contribution in [0.4, 0.5) is 0 Å². The monoisotopic (exact) mass is 352 g/mol. The summed E-state index contributed by atoms with van der Waals surface area (Å²) in [5, 5.41) is 1.01. The van der Waals surface area contributed by atoms with Crippen LogP contribution in [0, 0.1) is 0 Å². The number of hydrogen-bond donors (Lipinski definition) is 0. The summed E-state index contributed by atoms with van der Waals surface area (Å²) in [7, 11) is 1.37. The van der Waals surface area contributed by atoms with Gasteiger partial charge in [-0.2, -0.15) is 0 Å². The van der Waals surface area contributed by atoms with E-state index in [1.807, 2.05) is 30.3 Å². The van der Waals surface area contributed by atoms with Gasteiger partial charge in [0.2, 0.25) is 0 Å². The first kappa shape index (κ1) is 17.6. The average Bonchev–Trinajstić information content (AvgIpc) is 2.56. The summed E-state index contributed by atoms with van der Waals surface area (Å²) in [6.07, 6.45) is 1.29. The fourth-order valence-corrected chi connectivity index (χ4v) is 2.86. The number of ether oxygens (including phenoxy) is 2. The quantitative estimate of drug-likeness (QED) is 0.513. The maximum absolute atomic E-state index is 12.1. The maximum Gasteiger partial charge on any atom is 0.313 e. The van der Waals surface area contributed by atoms with Gasteiger partial charge in [-0.3, -0.25) is 4.79 Å². The van der Waals surface area contributed by atoms with Gasteiger partial charge in [-0.05, 0) is 42.7 Å². The van der Waals surface area contributed by atoms with E-state index in [0.717, 1.165) is 11.3 Å². The van der Waals surface area contributed by atoms with E-state index in [4.69, 9.17) is 32.7 Å². The third-order valence-corrected chi connectivity index (χ3v) is 4.04. The van der Waals surface area contributed by atoms with Gasteiger partial charge >= 0.3 is 5.97 Å². The molecule has 0 fully saturated rings. The zero-order chi connectivity index (χ0) is 16.7.